The van der Waals surface area contributed by atoms with Crippen molar-refractivity contribution in [2.24, 2.45) is 0 Å². The van der Waals surface area contributed by atoms with Crippen LogP contribution in [0.3, 0.4) is 0 Å². The van der Waals surface area contributed by atoms with Gasteiger partial charge >= 0.3 is 0 Å². The minimum atomic E-state index is -0.377. The number of aryl methyl sites for hydroxylation is 1. The van der Waals surface area contributed by atoms with Gasteiger partial charge in [-0.2, -0.15) is 0 Å². The fourth-order valence-electron chi connectivity index (χ4n) is 1.26. The van der Waals surface area contributed by atoms with E-state index in [2.05, 4.69) is 15.5 Å². The van der Waals surface area contributed by atoms with Gasteiger partial charge < -0.3 is 9.63 Å². The number of amides is 1. The molecular weight excluding hydrogens is 230 g/mol. The molecule has 0 spiro atoms. The summed E-state index contributed by atoms with van der Waals surface area (Å²) in [6.45, 7) is 1.28. The largest absolute Gasteiger partial charge is 0.390 e. The molecule has 0 fully saturated rings. The van der Waals surface area contributed by atoms with E-state index >= 15 is 0 Å². The zero-order valence-corrected chi connectivity index (χ0v) is 9.24. The molecule has 0 aromatic carbocycles. The Bertz CT molecular complexity index is 492. The summed E-state index contributed by atoms with van der Waals surface area (Å²) in [6.07, 6.45) is 1.59. The Morgan fingerprint density at radius 1 is 1.69 bits per heavy atom. The van der Waals surface area contributed by atoms with Gasteiger partial charge in [0.25, 0.3) is 5.91 Å². The van der Waals surface area contributed by atoms with Crippen LogP contribution in [0, 0.1) is 6.92 Å². The van der Waals surface area contributed by atoms with Gasteiger partial charge in [-0.1, -0.05) is 5.16 Å². The molecular formula is C9H9N3O3S. The number of aromatic nitrogens is 2. The fraction of sp³-hybridized carbons (Fsp3) is 0.222. The molecule has 2 N–H and O–H groups in total. The third-order valence-corrected chi connectivity index (χ3v) is 2.65. The lowest BCUT2D eigenvalue weighted by molar-refractivity contribution is 0.102. The monoisotopic (exact) mass is 239 g/mol. The molecule has 1 amide bonds. The third-order valence-electron chi connectivity index (χ3n) is 1.96. The van der Waals surface area contributed by atoms with Crippen LogP contribution in [-0.2, 0) is 6.61 Å². The van der Waals surface area contributed by atoms with Crippen LogP contribution in [0.25, 0.3) is 0 Å². The third kappa shape index (κ3) is 1.95. The predicted octanol–water partition coefficient (Wildman–Crippen LogP) is 1.18. The van der Waals surface area contributed by atoms with Crippen LogP contribution in [0.15, 0.2) is 16.1 Å². The topological polar surface area (TPSA) is 88.2 Å². The molecule has 84 valence electrons. The number of thiazole rings is 1. The van der Waals surface area contributed by atoms with Crippen molar-refractivity contribution in [1.29, 1.82) is 0 Å². The van der Waals surface area contributed by atoms with Crippen molar-refractivity contribution < 1.29 is 14.4 Å². The van der Waals surface area contributed by atoms with E-state index < -0.39 is 0 Å². The summed E-state index contributed by atoms with van der Waals surface area (Å²) >= 11 is 1.31. The van der Waals surface area contributed by atoms with Crippen LogP contribution in [0.1, 0.15) is 21.8 Å². The van der Waals surface area contributed by atoms with E-state index in [4.69, 9.17) is 9.63 Å². The zero-order valence-electron chi connectivity index (χ0n) is 8.43. The predicted molar refractivity (Wildman–Crippen MR) is 57.2 cm³/mol. The molecule has 2 heterocycles. The first-order valence-corrected chi connectivity index (χ1v) is 5.37. The van der Waals surface area contributed by atoms with Gasteiger partial charge in [-0.25, -0.2) is 4.98 Å². The van der Waals surface area contributed by atoms with Crippen LogP contribution < -0.4 is 5.32 Å². The van der Waals surface area contributed by atoms with Gasteiger partial charge in [0, 0.05) is 11.6 Å². The second kappa shape index (κ2) is 4.42. The Morgan fingerprint density at radius 3 is 3.12 bits per heavy atom. The Kier molecular flexibility index (Phi) is 2.97. The van der Waals surface area contributed by atoms with Gasteiger partial charge in [0.1, 0.15) is 17.0 Å². The van der Waals surface area contributed by atoms with Crippen molar-refractivity contribution in [3.05, 3.63) is 28.6 Å². The lowest BCUT2D eigenvalue weighted by atomic mass is 10.2. The number of hydrogen-bond donors (Lipinski definition) is 2. The number of anilines is 1. The smallest absolute Gasteiger partial charge is 0.263 e. The number of nitrogens with zero attached hydrogens (tertiary/aromatic N) is 2. The molecule has 0 aliphatic carbocycles. The SMILES string of the molecule is Cc1onc(CO)c1C(=O)Nc1nccs1. The Balaban J connectivity index is 2.23. The van der Waals surface area contributed by atoms with E-state index in [1.807, 2.05) is 0 Å². The van der Waals surface area contributed by atoms with Crippen molar-refractivity contribution >= 4 is 22.4 Å². The van der Waals surface area contributed by atoms with Crippen LogP contribution in [0.2, 0.25) is 0 Å². The van der Waals surface area contributed by atoms with Gasteiger partial charge in [0.05, 0.1) is 6.61 Å². The maximum absolute atomic E-state index is 11.8. The van der Waals surface area contributed by atoms with Crippen molar-refractivity contribution in [3.8, 4) is 0 Å². The second-order valence-corrected chi connectivity index (χ2v) is 3.90. The van der Waals surface area contributed by atoms with Crippen LogP contribution in [0.5, 0.6) is 0 Å². The molecule has 0 atom stereocenters. The van der Waals surface area contributed by atoms with Gasteiger partial charge in [-0.3, -0.25) is 10.1 Å². The molecule has 0 saturated heterocycles. The highest BCUT2D eigenvalue weighted by Gasteiger charge is 2.20. The molecule has 6 nitrogen and oxygen atoms in total. The molecule has 2 aromatic heterocycles. The summed E-state index contributed by atoms with van der Waals surface area (Å²) < 4.78 is 4.84. The van der Waals surface area contributed by atoms with Crippen LogP contribution in [0.4, 0.5) is 5.13 Å². The minimum Gasteiger partial charge on any atom is -0.390 e. The summed E-state index contributed by atoms with van der Waals surface area (Å²) in [5.41, 5.74) is 0.490. The summed E-state index contributed by atoms with van der Waals surface area (Å²) in [4.78, 5) is 15.7. The average Bonchev–Trinajstić information content (AvgIpc) is 2.87. The molecule has 0 bridgehead atoms. The fourth-order valence-corrected chi connectivity index (χ4v) is 1.79. The van der Waals surface area contributed by atoms with E-state index in [9.17, 15) is 4.79 Å². The number of carbonyl (C=O) groups excluding carboxylic acids is 1. The maximum Gasteiger partial charge on any atom is 0.263 e. The lowest BCUT2D eigenvalue weighted by Crippen LogP contribution is -2.14. The number of aliphatic hydroxyl groups excluding tert-OH is 1. The number of hydrogen-bond acceptors (Lipinski definition) is 6. The zero-order chi connectivity index (χ0) is 11.5. The highest BCUT2D eigenvalue weighted by atomic mass is 32.1. The highest BCUT2D eigenvalue weighted by molar-refractivity contribution is 7.13. The van der Waals surface area contributed by atoms with Crippen molar-refractivity contribution in [2.75, 3.05) is 5.32 Å². The molecule has 7 heteroatoms. The van der Waals surface area contributed by atoms with Gasteiger partial charge in [0.15, 0.2) is 5.13 Å². The molecule has 0 saturated carbocycles. The number of nitrogens with one attached hydrogen (secondary N) is 1. The summed E-state index contributed by atoms with van der Waals surface area (Å²) in [6, 6.07) is 0. The molecule has 0 aliphatic heterocycles. The standard InChI is InChI=1S/C9H9N3O3S/c1-5-7(6(4-13)12-15-5)8(14)11-9-10-2-3-16-9/h2-3,13H,4H2,1H3,(H,10,11,14). The Hall–Kier alpha value is -1.73. The first-order valence-electron chi connectivity index (χ1n) is 4.49. The summed E-state index contributed by atoms with van der Waals surface area (Å²) in [5.74, 6) is -0.00384. The van der Waals surface area contributed by atoms with E-state index in [-0.39, 0.29) is 23.8 Å². The molecule has 2 aromatic rings. The Morgan fingerprint density at radius 2 is 2.50 bits per heavy atom. The molecule has 2 rings (SSSR count). The van der Waals surface area contributed by atoms with Gasteiger partial charge in [-0.05, 0) is 6.92 Å². The number of rotatable bonds is 3. The highest BCUT2D eigenvalue weighted by Crippen LogP contribution is 2.17. The molecule has 0 unspecified atom stereocenters. The van der Waals surface area contributed by atoms with Crippen LogP contribution >= 0.6 is 11.3 Å². The van der Waals surface area contributed by atoms with E-state index in [0.29, 0.717) is 10.9 Å². The second-order valence-electron chi connectivity index (χ2n) is 3.01. The lowest BCUT2D eigenvalue weighted by Gasteiger charge is -2.00. The number of aliphatic hydroxyl groups is 1. The van der Waals surface area contributed by atoms with E-state index in [0.717, 1.165) is 0 Å². The summed E-state index contributed by atoms with van der Waals surface area (Å²) in [7, 11) is 0. The first kappa shape index (κ1) is 10.8. The minimum absolute atomic E-state index is 0.228. The van der Waals surface area contributed by atoms with Crippen molar-refractivity contribution in [1.82, 2.24) is 10.1 Å². The first-order chi connectivity index (χ1) is 7.72. The van der Waals surface area contributed by atoms with Gasteiger partial charge in [-0.15, -0.1) is 11.3 Å². The quantitative estimate of drug-likeness (QED) is 0.839. The van der Waals surface area contributed by atoms with Crippen LogP contribution in [-0.4, -0.2) is 21.2 Å². The van der Waals surface area contributed by atoms with Crippen molar-refractivity contribution in [3.63, 3.8) is 0 Å². The molecule has 0 aliphatic rings. The number of carbonyl (C=O) groups is 1. The molecule has 16 heavy (non-hydrogen) atoms. The average molecular weight is 239 g/mol. The maximum atomic E-state index is 11.8. The van der Waals surface area contributed by atoms with E-state index in [1.54, 1.807) is 18.5 Å². The van der Waals surface area contributed by atoms with E-state index in [1.165, 1.54) is 11.3 Å². The Labute approximate surface area is 94.9 Å². The summed E-state index contributed by atoms with van der Waals surface area (Å²) in [5, 5.41) is 17.4. The van der Waals surface area contributed by atoms with Crippen molar-refractivity contribution in [2.45, 2.75) is 13.5 Å². The normalized spacial score (nSPS) is 10.4. The molecule has 0 radical (unpaired) electrons. The van der Waals surface area contributed by atoms with Gasteiger partial charge in [0.2, 0.25) is 0 Å².